The minimum atomic E-state index is -0.00477. The molecule has 1 saturated heterocycles. The number of aryl methyl sites for hydroxylation is 1. The molecule has 1 fully saturated rings. The van der Waals surface area contributed by atoms with Crippen LogP contribution >= 0.6 is 28.3 Å². The number of aromatic nitrogens is 2. The van der Waals surface area contributed by atoms with E-state index in [1.54, 1.807) is 0 Å². The highest BCUT2D eigenvalue weighted by molar-refractivity contribution is 9.10. The van der Waals surface area contributed by atoms with Gasteiger partial charge in [0.05, 0.1) is 21.5 Å². The standard InChI is InChI=1S/C18H23BrN4O.ClH/c1-11-10-20-9-8-16(11)21-18(24)14-4-6-15(7-5-14)23-13(3)17(19)12(2)22-23;/h4-7,11,16,20H,8-10H2,1-3H3,(H,21,24);1H. The molecule has 0 saturated carbocycles. The maximum absolute atomic E-state index is 12.5. The number of hydrogen-bond acceptors (Lipinski definition) is 3. The number of hydrogen-bond donors (Lipinski definition) is 2. The lowest BCUT2D eigenvalue weighted by atomic mass is 9.95. The fraction of sp³-hybridized carbons (Fsp3) is 0.444. The number of benzene rings is 1. The quantitative estimate of drug-likeness (QED) is 0.789. The second-order valence-electron chi connectivity index (χ2n) is 6.49. The first-order chi connectivity index (χ1) is 11.5. The van der Waals surface area contributed by atoms with Gasteiger partial charge in [0.25, 0.3) is 5.91 Å². The normalized spacial score (nSPS) is 20.0. The zero-order chi connectivity index (χ0) is 17.3. The summed E-state index contributed by atoms with van der Waals surface area (Å²) in [4.78, 5) is 12.5. The van der Waals surface area contributed by atoms with E-state index >= 15 is 0 Å². The van der Waals surface area contributed by atoms with Crippen molar-refractivity contribution >= 4 is 34.2 Å². The van der Waals surface area contributed by atoms with E-state index in [-0.39, 0.29) is 24.4 Å². The molecule has 2 unspecified atom stereocenters. The molecule has 0 bridgehead atoms. The van der Waals surface area contributed by atoms with E-state index in [1.165, 1.54) is 0 Å². The van der Waals surface area contributed by atoms with Crippen molar-refractivity contribution in [3.63, 3.8) is 0 Å². The maximum Gasteiger partial charge on any atom is 0.251 e. The topological polar surface area (TPSA) is 59.0 Å². The van der Waals surface area contributed by atoms with E-state index < -0.39 is 0 Å². The molecule has 136 valence electrons. The Balaban J connectivity index is 0.00000225. The molecule has 7 heteroatoms. The van der Waals surface area contributed by atoms with Gasteiger partial charge < -0.3 is 10.6 Å². The number of nitrogens with one attached hydrogen (secondary N) is 2. The summed E-state index contributed by atoms with van der Waals surface area (Å²) in [6.45, 7) is 8.07. The van der Waals surface area contributed by atoms with Gasteiger partial charge in [0.15, 0.2) is 0 Å². The van der Waals surface area contributed by atoms with E-state index in [1.807, 2.05) is 42.8 Å². The molecule has 3 rings (SSSR count). The van der Waals surface area contributed by atoms with Gasteiger partial charge in [-0.1, -0.05) is 6.92 Å². The summed E-state index contributed by atoms with van der Waals surface area (Å²) in [5, 5.41) is 11.0. The summed E-state index contributed by atoms with van der Waals surface area (Å²) in [5.74, 6) is 0.448. The number of amides is 1. The second-order valence-corrected chi connectivity index (χ2v) is 7.29. The highest BCUT2D eigenvalue weighted by Crippen LogP contribution is 2.23. The molecule has 0 aliphatic carbocycles. The number of rotatable bonds is 3. The first kappa shape index (κ1) is 19.9. The second kappa shape index (κ2) is 8.34. The van der Waals surface area contributed by atoms with Gasteiger partial charge in [-0.2, -0.15) is 5.10 Å². The van der Waals surface area contributed by atoms with Crippen LogP contribution in [-0.2, 0) is 0 Å². The van der Waals surface area contributed by atoms with Gasteiger partial charge in [-0.25, -0.2) is 4.68 Å². The lowest BCUT2D eigenvalue weighted by molar-refractivity contribution is 0.0914. The zero-order valence-corrected chi connectivity index (χ0v) is 17.1. The van der Waals surface area contributed by atoms with Crippen LogP contribution in [0.25, 0.3) is 5.69 Å². The van der Waals surface area contributed by atoms with Gasteiger partial charge in [0.2, 0.25) is 0 Å². The van der Waals surface area contributed by atoms with Crippen molar-refractivity contribution in [1.82, 2.24) is 20.4 Å². The van der Waals surface area contributed by atoms with E-state index in [9.17, 15) is 4.79 Å². The number of carbonyl (C=O) groups is 1. The fourth-order valence-corrected chi connectivity index (χ4v) is 3.36. The molecule has 0 spiro atoms. The van der Waals surface area contributed by atoms with Crippen molar-refractivity contribution in [2.45, 2.75) is 33.2 Å². The molecule has 2 heterocycles. The number of carbonyl (C=O) groups excluding carboxylic acids is 1. The van der Waals surface area contributed by atoms with Crippen LogP contribution in [0.15, 0.2) is 28.7 Å². The predicted molar refractivity (Wildman–Crippen MR) is 106 cm³/mol. The Morgan fingerprint density at radius 1 is 1.32 bits per heavy atom. The first-order valence-electron chi connectivity index (χ1n) is 8.31. The Morgan fingerprint density at radius 2 is 2.00 bits per heavy atom. The average Bonchev–Trinajstić information content (AvgIpc) is 2.84. The molecule has 1 aromatic carbocycles. The largest absolute Gasteiger partial charge is 0.349 e. The summed E-state index contributed by atoms with van der Waals surface area (Å²) >= 11 is 3.54. The lowest BCUT2D eigenvalue weighted by Crippen LogP contribution is -2.48. The molecular weight excluding hydrogens is 404 g/mol. The predicted octanol–water partition coefficient (Wildman–Crippen LogP) is 3.40. The van der Waals surface area contributed by atoms with Gasteiger partial charge in [0.1, 0.15) is 0 Å². The summed E-state index contributed by atoms with van der Waals surface area (Å²) in [5.41, 5.74) is 3.64. The lowest BCUT2D eigenvalue weighted by Gasteiger charge is -2.30. The zero-order valence-electron chi connectivity index (χ0n) is 14.7. The molecule has 1 aliphatic rings. The Labute approximate surface area is 163 Å². The number of nitrogens with zero attached hydrogens (tertiary/aromatic N) is 2. The van der Waals surface area contributed by atoms with Gasteiger partial charge in [0, 0.05) is 11.6 Å². The summed E-state index contributed by atoms with van der Waals surface area (Å²) < 4.78 is 2.90. The maximum atomic E-state index is 12.5. The van der Waals surface area contributed by atoms with Gasteiger partial charge in [-0.3, -0.25) is 4.79 Å². The Morgan fingerprint density at radius 3 is 2.56 bits per heavy atom. The molecule has 0 radical (unpaired) electrons. The first-order valence-corrected chi connectivity index (χ1v) is 9.10. The molecule has 2 atom stereocenters. The van der Waals surface area contributed by atoms with Crippen LogP contribution in [0.3, 0.4) is 0 Å². The van der Waals surface area contributed by atoms with Crippen molar-refractivity contribution in [2.24, 2.45) is 5.92 Å². The molecule has 1 aromatic heterocycles. The molecular formula is C18H24BrClN4O. The molecule has 1 amide bonds. The van der Waals surface area contributed by atoms with Crippen molar-refractivity contribution in [2.75, 3.05) is 13.1 Å². The Hall–Kier alpha value is -1.37. The van der Waals surface area contributed by atoms with Crippen molar-refractivity contribution < 1.29 is 4.79 Å². The highest BCUT2D eigenvalue weighted by atomic mass is 79.9. The van der Waals surface area contributed by atoms with Crippen LogP contribution in [0.1, 0.15) is 35.1 Å². The van der Waals surface area contributed by atoms with Crippen LogP contribution in [-0.4, -0.2) is 34.8 Å². The van der Waals surface area contributed by atoms with E-state index in [2.05, 4.69) is 38.6 Å². The smallest absolute Gasteiger partial charge is 0.251 e. The van der Waals surface area contributed by atoms with Crippen LogP contribution in [0.5, 0.6) is 0 Å². The van der Waals surface area contributed by atoms with Crippen molar-refractivity contribution in [1.29, 1.82) is 0 Å². The third kappa shape index (κ3) is 4.25. The van der Waals surface area contributed by atoms with Crippen LogP contribution < -0.4 is 10.6 Å². The average molecular weight is 428 g/mol. The molecule has 1 aliphatic heterocycles. The van der Waals surface area contributed by atoms with E-state index in [0.717, 1.165) is 41.1 Å². The summed E-state index contributed by atoms with van der Waals surface area (Å²) in [6.07, 6.45) is 0.977. The Kier molecular flexibility index (Phi) is 6.65. The Bertz CT molecular complexity index is 744. The number of piperidine rings is 1. The molecule has 2 aromatic rings. The third-order valence-corrected chi connectivity index (χ3v) is 5.83. The van der Waals surface area contributed by atoms with Crippen molar-refractivity contribution in [3.8, 4) is 5.69 Å². The van der Waals surface area contributed by atoms with Gasteiger partial charge in [-0.15, -0.1) is 12.4 Å². The van der Waals surface area contributed by atoms with Crippen LogP contribution in [0.4, 0.5) is 0 Å². The van der Waals surface area contributed by atoms with Crippen molar-refractivity contribution in [3.05, 3.63) is 45.7 Å². The summed E-state index contributed by atoms with van der Waals surface area (Å²) in [6, 6.07) is 7.84. The highest BCUT2D eigenvalue weighted by Gasteiger charge is 2.23. The van der Waals surface area contributed by atoms with Crippen LogP contribution in [0.2, 0.25) is 0 Å². The van der Waals surface area contributed by atoms with Crippen LogP contribution in [0, 0.1) is 19.8 Å². The monoisotopic (exact) mass is 426 g/mol. The van der Waals surface area contributed by atoms with E-state index in [4.69, 9.17) is 0 Å². The molecule has 2 N–H and O–H groups in total. The summed E-state index contributed by atoms with van der Waals surface area (Å²) in [7, 11) is 0. The fourth-order valence-electron chi connectivity index (χ4n) is 3.11. The number of halogens is 2. The van der Waals surface area contributed by atoms with Gasteiger partial charge in [-0.05, 0) is 79.5 Å². The minimum Gasteiger partial charge on any atom is -0.349 e. The third-order valence-electron chi connectivity index (χ3n) is 4.68. The molecule has 25 heavy (non-hydrogen) atoms. The van der Waals surface area contributed by atoms with E-state index in [0.29, 0.717) is 11.5 Å². The van der Waals surface area contributed by atoms with Gasteiger partial charge >= 0.3 is 0 Å². The SMILES string of the molecule is Cc1nn(-c2ccc(C(=O)NC3CCNCC3C)cc2)c(C)c1Br.Cl. The molecule has 5 nitrogen and oxygen atoms in total. The minimum absolute atomic E-state index is 0.